The number of anilines is 2. The predicted octanol–water partition coefficient (Wildman–Crippen LogP) is 3.15. The summed E-state index contributed by atoms with van der Waals surface area (Å²) in [4.78, 5) is 21.8. The molecule has 30 heavy (non-hydrogen) atoms. The number of rotatable bonds is 7. The van der Waals surface area contributed by atoms with Crippen LogP contribution in [0.5, 0.6) is 0 Å². The number of pyridine rings is 1. The highest BCUT2D eigenvalue weighted by atomic mass is 16.4. The fraction of sp³-hybridized carbons (Fsp3) is 0.238. The van der Waals surface area contributed by atoms with Gasteiger partial charge >= 0.3 is 0 Å². The monoisotopic (exact) mass is 404 g/mol. The van der Waals surface area contributed by atoms with Gasteiger partial charge in [-0.05, 0) is 48.6 Å². The third-order valence-corrected chi connectivity index (χ3v) is 4.97. The lowest BCUT2D eigenvalue weighted by Gasteiger charge is -2.10. The average Bonchev–Trinajstić information content (AvgIpc) is 3.30. The highest BCUT2D eigenvalue weighted by Gasteiger charge is 2.28. The van der Waals surface area contributed by atoms with Gasteiger partial charge in [-0.3, -0.25) is 9.89 Å². The van der Waals surface area contributed by atoms with Gasteiger partial charge < -0.3 is 20.2 Å². The average molecular weight is 404 g/mol. The number of aliphatic hydroxyl groups excluding tert-OH is 1. The van der Waals surface area contributed by atoms with Gasteiger partial charge in [0.1, 0.15) is 11.2 Å². The van der Waals surface area contributed by atoms with Crippen molar-refractivity contribution in [3.63, 3.8) is 0 Å². The molecule has 0 bridgehead atoms. The van der Waals surface area contributed by atoms with Crippen LogP contribution in [0.1, 0.15) is 34.8 Å². The summed E-state index contributed by atoms with van der Waals surface area (Å²) in [6.07, 6.45) is 3.80. The van der Waals surface area contributed by atoms with Gasteiger partial charge in [-0.2, -0.15) is 10.1 Å². The van der Waals surface area contributed by atoms with Gasteiger partial charge in [0.25, 0.3) is 11.9 Å². The zero-order chi connectivity index (χ0) is 20.5. The van der Waals surface area contributed by atoms with Crippen LogP contribution in [0.3, 0.4) is 0 Å². The summed E-state index contributed by atoms with van der Waals surface area (Å²) in [5.41, 5.74) is 4.73. The number of carbonyl (C=O) groups is 1. The fourth-order valence-corrected chi connectivity index (χ4v) is 3.36. The molecule has 1 amide bonds. The van der Waals surface area contributed by atoms with E-state index >= 15 is 0 Å². The van der Waals surface area contributed by atoms with Crippen molar-refractivity contribution < 1.29 is 14.3 Å². The Morgan fingerprint density at radius 3 is 2.90 bits per heavy atom. The van der Waals surface area contributed by atoms with E-state index in [1.54, 1.807) is 30.5 Å². The van der Waals surface area contributed by atoms with Crippen LogP contribution in [0.25, 0.3) is 22.5 Å². The van der Waals surface area contributed by atoms with Crippen LogP contribution in [0.2, 0.25) is 0 Å². The van der Waals surface area contributed by atoms with Gasteiger partial charge in [-0.1, -0.05) is 6.07 Å². The number of nitrogens with one attached hydrogen (secondary N) is 3. The van der Waals surface area contributed by atoms with Crippen molar-refractivity contribution in [2.24, 2.45) is 0 Å². The van der Waals surface area contributed by atoms with E-state index < -0.39 is 0 Å². The Morgan fingerprint density at radius 2 is 2.13 bits per heavy atom. The highest BCUT2D eigenvalue weighted by molar-refractivity contribution is 6.04. The third kappa shape index (κ3) is 3.62. The van der Waals surface area contributed by atoms with E-state index in [2.05, 4.69) is 30.8 Å². The predicted molar refractivity (Wildman–Crippen MR) is 111 cm³/mol. The van der Waals surface area contributed by atoms with Crippen LogP contribution in [-0.2, 0) is 0 Å². The van der Waals surface area contributed by atoms with Crippen LogP contribution in [0.15, 0.2) is 47.0 Å². The fourth-order valence-electron chi connectivity index (χ4n) is 3.36. The molecule has 3 heterocycles. The van der Waals surface area contributed by atoms with Crippen molar-refractivity contribution in [2.45, 2.75) is 18.8 Å². The quantitative estimate of drug-likeness (QED) is 0.372. The first-order valence-corrected chi connectivity index (χ1v) is 9.78. The molecule has 3 aromatic heterocycles. The van der Waals surface area contributed by atoms with E-state index in [1.807, 2.05) is 12.1 Å². The van der Waals surface area contributed by atoms with Crippen LogP contribution in [0, 0.1) is 0 Å². The smallest absolute Gasteiger partial charge is 0.295 e. The molecule has 0 unspecified atom stereocenters. The second-order valence-electron chi connectivity index (χ2n) is 7.18. The first-order chi connectivity index (χ1) is 14.7. The van der Waals surface area contributed by atoms with Crippen molar-refractivity contribution in [1.82, 2.24) is 20.2 Å². The molecule has 0 radical (unpaired) electrons. The highest BCUT2D eigenvalue weighted by Crippen LogP contribution is 2.45. The number of amides is 1. The van der Waals surface area contributed by atoms with E-state index in [0.717, 1.165) is 29.6 Å². The lowest BCUT2D eigenvalue weighted by molar-refractivity contribution is 0.102. The molecule has 4 N–H and O–H groups in total. The molecule has 5 rings (SSSR count). The van der Waals surface area contributed by atoms with E-state index in [-0.39, 0.29) is 12.5 Å². The molecule has 0 saturated heterocycles. The van der Waals surface area contributed by atoms with Gasteiger partial charge in [0, 0.05) is 24.5 Å². The number of aromatic nitrogens is 4. The second kappa shape index (κ2) is 7.60. The van der Waals surface area contributed by atoms with Crippen LogP contribution in [-0.4, -0.2) is 44.3 Å². The molecule has 1 fully saturated rings. The molecular formula is C21H20N6O3. The largest absolute Gasteiger partial charge is 0.423 e. The van der Waals surface area contributed by atoms with Crippen molar-refractivity contribution >= 4 is 28.7 Å². The number of benzene rings is 1. The van der Waals surface area contributed by atoms with Gasteiger partial charge in [-0.25, -0.2) is 4.98 Å². The van der Waals surface area contributed by atoms with Crippen LogP contribution in [0.4, 0.5) is 11.7 Å². The molecule has 0 atom stereocenters. The Kier molecular flexibility index (Phi) is 4.64. The topological polar surface area (TPSA) is 129 Å². The van der Waals surface area contributed by atoms with Crippen LogP contribution >= 0.6 is 0 Å². The van der Waals surface area contributed by atoms with Gasteiger partial charge in [0.15, 0.2) is 5.58 Å². The Hall–Kier alpha value is -3.72. The summed E-state index contributed by atoms with van der Waals surface area (Å²) in [5, 5.41) is 21.7. The van der Waals surface area contributed by atoms with Gasteiger partial charge in [0.2, 0.25) is 0 Å². The maximum atomic E-state index is 12.9. The molecule has 4 aromatic rings. The molecule has 152 valence electrons. The Labute approximate surface area is 171 Å². The summed E-state index contributed by atoms with van der Waals surface area (Å²) in [7, 11) is 0. The molecule has 1 aliphatic carbocycles. The normalized spacial score (nSPS) is 13.5. The summed E-state index contributed by atoms with van der Waals surface area (Å²) in [6, 6.07) is 11.2. The number of fused-ring (bicyclic) bond motifs is 1. The zero-order valence-electron chi connectivity index (χ0n) is 16.1. The number of hydrogen-bond acceptors (Lipinski definition) is 7. The number of H-pyrrole nitrogens is 1. The number of aromatic amines is 1. The van der Waals surface area contributed by atoms with E-state index in [1.165, 1.54) is 0 Å². The second-order valence-corrected chi connectivity index (χ2v) is 7.18. The maximum absolute atomic E-state index is 12.9. The minimum Gasteiger partial charge on any atom is -0.423 e. The first kappa shape index (κ1) is 18.3. The van der Waals surface area contributed by atoms with Crippen LogP contribution < -0.4 is 10.6 Å². The third-order valence-electron chi connectivity index (χ3n) is 4.97. The molecule has 1 aliphatic rings. The molecule has 0 spiro atoms. The first-order valence-electron chi connectivity index (χ1n) is 9.78. The van der Waals surface area contributed by atoms with E-state index in [4.69, 9.17) is 9.52 Å². The van der Waals surface area contributed by atoms with Crippen molar-refractivity contribution in [2.75, 3.05) is 23.8 Å². The van der Waals surface area contributed by atoms with E-state index in [9.17, 15) is 4.79 Å². The van der Waals surface area contributed by atoms with E-state index in [0.29, 0.717) is 41.1 Å². The minimum absolute atomic E-state index is 0.0159. The molecule has 9 nitrogen and oxygen atoms in total. The molecule has 0 aliphatic heterocycles. The molecule has 1 saturated carbocycles. The minimum atomic E-state index is -0.296. The molecule has 1 aromatic carbocycles. The summed E-state index contributed by atoms with van der Waals surface area (Å²) in [5.74, 6) is 0.107. The maximum Gasteiger partial charge on any atom is 0.295 e. The summed E-state index contributed by atoms with van der Waals surface area (Å²) < 4.78 is 5.71. The number of nitrogens with zero attached hydrogens (tertiary/aromatic N) is 3. The number of hydrogen-bond donors (Lipinski definition) is 4. The summed E-state index contributed by atoms with van der Waals surface area (Å²) >= 11 is 0. The van der Waals surface area contributed by atoms with Crippen molar-refractivity contribution in [3.05, 3.63) is 53.9 Å². The summed E-state index contributed by atoms with van der Waals surface area (Å²) in [6.45, 7) is 0.336. The Bertz CT molecular complexity index is 1200. The lowest BCUT2D eigenvalue weighted by Crippen LogP contribution is -2.15. The van der Waals surface area contributed by atoms with Crippen molar-refractivity contribution in [3.8, 4) is 11.4 Å². The molecule has 9 heteroatoms. The lowest BCUT2D eigenvalue weighted by atomic mass is 10.1. The number of carbonyl (C=O) groups excluding carboxylic acids is 1. The SMILES string of the molecule is O=C(Nc1cc2oc(NCCO)nc2cc1C1CC1)c1cccc(-c2ccn[nH]2)n1. The number of aliphatic hydroxyl groups is 1. The Balaban J connectivity index is 1.44. The zero-order valence-corrected chi connectivity index (χ0v) is 16.1. The van der Waals surface area contributed by atoms with Crippen molar-refractivity contribution in [1.29, 1.82) is 0 Å². The number of oxazole rings is 1. The molecular weight excluding hydrogens is 384 g/mol. The standard InChI is InChI=1S/C21H20N6O3/c28-9-8-22-21-26-18-10-13(12-4-5-12)17(11-19(18)30-21)25-20(29)16-3-1-2-14(24-16)15-6-7-23-27-15/h1-3,6-7,10-12,28H,4-5,8-9H2,(H,22,26)(H,23,27)(H,25,29). The van der Waals surface area contributed by atoms with Gasteiger partial charge in [0.05, 0.1) is 18.0 Å². The Morgan fingerprint density at radius 1 is 1.23 bits per heavy atom. The van der Waals surface area contributed by atoms with Gasteiger partial charge in [-0.15, -0.1) is 0 Å².